The zero-order valence-corrected chi connectivity index (χ0v) is 6.00. The van der Waals surface area contributed by atoms with E-state index >= 15 is 0 Å². The molecule has 0 bridgehead atoms. The summed E-state index contributed by atoms with van der Waals surface area (Å²) in [6.07, 6.45) is 0.922. The molecule has 1 nitrogen and oxygen atoms in total. The van der Waals surface area contributed by atoms with E-state index in [-0.39, 0.29) is 13.0 Å². The summed E-state index contributed by atoms with van der Waals surface area (Å²) in [5, 5.41) is 0. The number of hydrogen-bond acceptors (Lipinski definition) is 1. The SMILES string of the molecule is CCC(Br)P=O. The smallest absolute Gasteiger partial charge is 0.170 e. The minimum atomic E-state index is 0.164. The fourth-order valence-corrected chi connectivity index (χ4v) is 0.224. The van der Waals surface area contributed by atoms with Crippen LogP contribution in [0.15, 0.2) is 0 Å². The van der Waals surface area contributed by atoms with Crippen molar-refractivity contribution in [2.75, 3.05) is 0 Å². The van der Waals surface area contributed by atoms with Gasteiger partial charge in [0.15, 0.2) is 8.46 Å². The largest absolute Gasteiger partial charge is 0.274 e. The van der Waals surface area contributed by atoms with Crippen LogP contribution in [0.25, 0.3) is 0 Å². The average Bonchev–Trinajstić information content (AvgIpc) is 1.65. The maximum atomic E-state index is 9.79. The minimum absolute atomic E-state index is 0.164. The summed E-state index contributed by atoms with van der Waals surface area (Å²) in [5.41, 5.74) is 0. The number of halogens is 1. The number of rotatable bonds is 2. The van der Waals surface area contributed by atoms with Crippen LogP contribution in [-0.2, 0) is 4.57 Å². The van der Waals surface area contributed by atoms with Gasteiger partial charge in [-0.05, 0) is 6.42 Å². The third kappa shape index (κ3) is 2.80. The molecule has 3 heteroatoms. The standard InChI is InChI=1S/C3H6BrOP/c1-2-3(4)6-5/h3H,2H2,1H3. The fourth-order valence-electron chi connectivity index (χ4n) is 0.0745. The molecule has 36 valence electrons. The molecular formula is C3H6BrOP. The van der Waals surface area contributed by atoms with E-state index in [2.05, 4.69) is 15.9 Å². The van der Waals surface area contributed by atoms with E-state index in [0.717, 1.165) is 6.42 Å². The van der Waals surface area contributed by atoms with E-state index in [0.29, 0.717) is 0 Å². The summed E-state index contributed by atoms with van der Waals surface area (Å²) in [5.74, 6) is 0. The van der Waals surface area contributed by atoms with E-state index in [1.807, 2.05) is 6.92 Å². The second-order valence-electron chi connectivity index (χ2n) is 0.948. The van der Waals surface area contributed by atoms with Crippen LogP contribution in [0.2, 0.25) is 0 Å². The average molecular weight is 169 g/mol. The summed E-state index contributed by atoms with van der Waals surface area (Å²) in [7, 11) is 0.195. The van der Waals surface area contributed by atoms with Crippen molar-refractivity contribution in [1.29, 1.82) is 0 Å². The first-order valence-electron chi connectivity index (χ1n) is 1.77. The van der Waals surface area contributed by atoms with Crippen molar-refractivity contribution in [3.05, 3.63) is 0 Å². The Kier molecular flexibility index (Phi) is 4.12. The van der Waals surface area contributed by atoms with Gasteiger partial charge >= 0.3 is 0 Å². The van der Waals surface area contributed by atoms with Gasteiger partial charge in [-0.3, -0.25) is 4.57 Å². The molecule has 0 amide bonds. The molecule has 0 aromatic heterocycles. The van der Waals surface area contributed by atoms with Crippen molar-refractivity contribution < 1.29 is 4.57 Å². The van der Waals surface area contributed by atoms with Crippen LogP contribution in [0, 0.1) is 0 Å². The van der Waals surface area contributed by atoms with Crippen LogP contribution in [0.5, 0.6) is 0 Å². The van der Waals surface area contributed by atoms with Gasteiger partial charge in [0.2, 0.25) is 0 Å². The molecule has 0 saturated heterocycles. The van der Waals surface area contributed by atoms with Gasteiger partial charge in [-0.2, -0.15) is 0 Å². The summed E-state index contributed by atoms with van der Waals surface area (Å²) in [4.78, 5) is 0. The highest BCUT2D eigenvalue weighted by Crippen LogP contribution is 2.16. The van der Waals surface area contributed by atoms with Crippen molar-refractivity contribution in [2.45, 2.75) is 17.9 Å². The van der Waals surface area contributed by atoms with Crippen molar-refractivity contribution in [3.8, 4) is 0 Å². The normalized spacial score (nSPS) is 15.0. The van der Waals surface area contributed by atoms with Gasteiger partial charge in [-0.1, -0.05) is 22.9 Å². The Morgan fingerprint density at radius 2 is 2.50 bits per heavy atom. The summed E-state index contributed by atoms with van der Waals surface area (Å²) < 4.78 is 9.95. The first-order chi connectivity index (χ1) is 2.81. The molecule has 1 unspecified atom stereocenters. The van der Waals surface area contributed by atoms with E-state index in [4.69, 9.17) is 0 Å². The van der Waals surface area contributed by atoms with Crippen molar-refractivity contribution in [1.82, 2.24) is 0 Å². The van der Waals surface area contributed by atoms with E-state index in [9.17, 15) is 4.57 Å². The predicted molar refractivity (Wildman–Crippen MR) is 30.6 cm³/mol. The Morgan fingerprint density at radius 3 is 2.50 bits per heavy atom. The van der Waals surface area contributed by atoms with Crippen LogP contribution in [0.3, 0.4) is 0 Å². The van der Waals surface area contributed by atoms with Crippen LogP contribution in [0.1, 0.15) is 13.3 Å². The summed E-state index contributed by atoms with van der Waals surface area (Å²) in [6.45, 7) is 1.98. The number of alkyl halides is 1. The van der Waals surface area contributed by atoms with E-state index in [1.54, 1.807) is 0 Å². The highest BCUT2D eigenvalue weighted by atomic mass is 79.9. The van der Waals surface area contributed by atoms with Gasteiger partial charge in [0, 0.05) is 0 Å². The second-order valence-corrected chi connectivity index (χ2v) is 3.60. The zero-order valence-electron chi connectivity index (χ0n) is 3.52. The predicted octanol–water partition coefficient (Wildman–Crippen LogP) is 2.41. The third-order valence-electron chi connectivity index (χ3n) is 0.451. The number of hydrogen-bond donors (Lipinski definition) is 0. The zero-order chi connectivity index (χ0) is 4.99. The molecule has 0 aromatic carbocycles. The lowest BCUT2D eigenvalue weighted by Crippen LogP contribution is -1.75. The maximum Gasteiger partial charge on any atom is 0.170 e. The van der Waals surface area contributed by atoms with Crippen molar-refractivity contribution in [3.63, 3.8) is 0 Å². The monoisotopic (exact) mass is 168 g/mol. The van der Waals surface area contributed by atoms with Gasteiger partial charge in [-0.25, -0.2) is 0 Å². The molecule has 0 spiro atoms. The first kappa shape index (κ1) is 6.58. The fraction of sp³-hybridized carbons (Fsp3) is 1.00. The van der Waals surface area contributed by atoms with Gasteiger partial charge in [0.1, 0.15) is 0 Å². The lowest BCUT2D eigenvalue weighted by atomic mass is 10.6. The van der Waals surface area contributed by atoms with Crippen LogP contribution in [-0.4, -0.2) is 4.57 Å². The molecule has 0 aliphatic carbocycles. The van der Waals surface area contributed by atoms with Crippen molar-refractivity contribution >= 4 is 24.4 Å². The van der Waals surface area contributed by atoms with Gasteiger partial charge < -0.3 is 0 Å². The Morgan fingerprint density at radius 1 is 2.00 bits per heavy atom. The molecule has 0 aliphatic rings. The Hall–Kier alpha value is 0.580. The molecular weight excluding hydrogens is 163 g/mol. The van der Waals surface area contributed by atoms with Crippen molar-refractivity contribution in [2.24, 2.45) is 0 Å². The maximum absolute atomic E-state index is 9.79. The third-order valence-corrected chi connectivity index (χ3v) is 2.19. The van der Waals surface area contributed by atoms with E-state index < -0.39 is 0 Å². The van der Waals surface area contributed by atoms with Crippen LogP contribution >= 0.6 is 24.4 Å². The molecule has 1 atom stereocenters. The van der Waals surface area contributed by atoms with Gasteiger partial charge in [0.05, 0.1) is 4.57 Å². The molecule has 6 heavy (non-hydrogen) atoms. The lowest BCUT2D eigenvalue weighted by Gasteiger charge is -1.85. The summed E-state index contributed by atoms with van der Waals surface area (Å²) in [6, 6.07) is 0. The molecule has 0 saturated carbocycles. The topological polar surface area (TPSA) is 17.1 Å². The van der Waals surface area contributed by atoms with Crippen LogP contribution < -0.4 is 0 Å². The Labute approximate surface area is 47.5 Å². The van der Waals surface area contributed by atoms with Gasteiger partial charge in [-0.15, -0.1) is 0 Å². The lowest BCUT2D eigenvalue weighted by molar-refractivity contribution is 0.597. The van der Waals surface area contributed by atoms with Crippen LogP contribution in [0.4, 0.5) is 0 Å². The molecule has 0 aliphatic heterocycles. The quantitative estimate of drug-likeness (QED) is 0.458. The molecule has 0 N–H and O–H groups in total. The molecule has 0 heterocycles. The highest BCUT2D eigenvalue weighted by Gasteiger charge is 1.93. The molecule has 0 fully saturated rings. The molecule has 0 aromatic rings. The Balaban J connectivity index is 2.96. The Bertz CT molecular complexity index is 48.1. The second kappa shape index (κ2) is 3.76. The molecule has 0 radical (unpaired) electrons. The highest BCUT2D eigenvalue weighted by molar-refractivity contribution is 9.10. The first-order valence-corrected chi connectivity index (χ1v) is 3.57. The molecule has 0 rings (SSSR count). The summed E-state index contributed by atoms with van der Waals surface area (Å²) >= 11 is 3.15. The van der Waals surface area contributed by atoms with Gasteiger partial charge in [0.25, 0.3) is 0 Å². The van der Waals surface area contributed by atoms with E-state index in [1.165, 1.54) is 0 Å². The minimum Gasteiger partial charge on any atom is -0.274 e.